The van der Waals surface area contributed by atoms with Crippen LogP contribution in [-0.2, 0) is 14.8 Å². The van der Waals surface area contributed by atoms with Gasteiger partial charge in [0.15, 0.2) is 0 Å². The van der Waals surface area contributed by atoms with Crippen molar-refractivity contribution in [2.45, 2.75) is 25.7 Å². The van der Waals surface area contributed by atoms with Gasteiger partial charge in [-0.15, -0.1) is 0 Å². The molecule has 2 aromatic rings. The molecular weight excluding hydrogens is 326 g/mol. The standard InChI is InChI=1S/C17H21N3O3S/c1-12-5-8-16(18-10-12)19-17(21)11-20(4)24(22,23)15-7-6-13(2)14(3)9-15/h5-10H,11H2,1-4H3,(H,18,19,21). The zero-order valence-electron chi connectivity index (χ0n) is 14.2. The van der Waals surface area contributed by atoms with E-state index >= 15 is 0 Å². The average Bonchev–Trinajstić information content (AvgIpc) is 2.52. The van der Waals surface area contributed by atoms with Crippen LogP contribution in [0.2, 0.25) is 0 Å². The van der Waals surface area contributed by atoms with E-state index in [0.29, 0.717) is 5.82 Å². The Balaban J connectivity index is 2.09. The number of carbonyl (C=O) groups is 1. The quantitative estimate of drug-likeness (QED) is 0.900. The van der Waals surface area contributed by atoms with E-state index in [-0.39, 0.29) is 11.4 Å². The van der Waals surface area contributed by atoms with Gasteiger partial charge in [0.2, 0.25) is 15.9 Å². The van der Waals surface area contributed by atoms with E-state index in [1.165, 1.54) is 7.05 Å². The second-order valence-corrected chi connectivity index (χ2v) is 7.82. The van der Waals surface area contributed by atoms with Crippen LogP contribution in [0.5, 0.6) is 0 Å². The molecule has 1 aromatic carbocycles. The van der Waals surface area contributed by atoms with Crippen molar-refractivity contribution in [2.24, 2.45) is 0 Å². The van der Waals surface area contributed by atoms with E-state index < -0.39 is 15.9 Å². The highest BCUT2D eigenvalue weighted by Gasteiger charge is 2.23. The molecule has 0 spiro atoms. The second-order valence-electron chi connectivity index (χ2n) is 5.78. The first kappa shape index (κ1) is 18.1. The number of benzene rings is 1. The molecule has 1 heterocycles. The maximum absolute atomic E-state index is 12.6. The molecule has 2 rings (SSSR count). The molecule has 1 aromatic heterocycles. The summed E-state index contributed by atoms with van der Waals surface area (Å²) in [7, 11) is -2.34. The summed E-state index contributed by atoms with van der Waals surface area (Å²) in [5.41, 5.74) is 2.88. The lowest BCUT2D eigenvalue weighted by molar-refractivity contribution is -0.116. The molecule has 24 heavy (non-hydrogen) atoms. The van der Waals surface area contributed by atoms with Gasteiger partial charge in [0.1, 0.15) is 5.82 Å². The predicted molar refractivity (Wildman–Crippen MR) is 93.3 cm³/mol. The van der Waals surface area contributed by atoms with Gasteiger partial charge in [-0.3, -0.25) is 4.79 Å². The number of aromatic nitrogens is 1. The summed E-state index contributed by atoms with van der Waals surface area (Å²) in [5, 5.41) is 2.59. The number of nitrogens with one attached hydrogen (secondary N) is 1. The van der Waals surface area contributed by atoms with Crippen LogP contribution in [0.4, 0.5) is 5.82 Å². The van der Waals surface area contributed by atoms with E-state index in [1.54, 1.807) is 30.5 Å². The van der Waals surface area contributed by atoms with Gasteiger partial charge < -0.3 is 5.32 Å². The SMILES string of the molecule is Cc1ccc(NC(=O)CN(C)S(=O)(=O)c2ccc(C)c(C)c2)nc1. The fourth-order valence-corrected chi connectivity index (χ4v) is 3.28. The number of hydrogen-bond donors (Lipinski definition) is 1. The summed E-state index contributed by atoms with van der Waals surface area (Å²) in [5.74, 6) is -0.0520. The molecule has 0 atom stereocenters. The lowest BCUT2D eigenvalue weighted by atomic mass is 10.1. The van der Waals surface area contributed by atoms with Gasteiger partial charge in [0.25, 0.3) is 0 Å². The average molecular weight is 347 g/mol. The van der Waals surface area contributed by atoms with E-state index in [9.17, 15) is 13.2 Å². The number of pyridine rings is 1. The van der Waals surface area contributed by atoms with Gasteiger partial charge >= 0.3 is 0 Å². The number of anilines is 1. The highest BCUT2D eigenvalue weighted by molar-refractivity contribution is 7.89. The minimum atomic E-state index is -3.72. The summed E-state index contributed by atoms with van der Waals surface area (Å²) in [6, 6.07) is 8.41. The molecule has 0 aliphatic heterocycles. The van der Waals surface area contributed by atoms with Crippen molar-refractivity contribution >= 4 is 21.7 Å². The highest BCUT2D eigenvalue weighted by atomic mass is 32.2. The first-order valence-corrected chi connectivity index (χ1v) is 8.90. The number of carbonyl (C=O) groups excluding carboxylic acids is 1. The molecule has 0 saturated heterocycles. The minimum absolute atomic E-state index is 0.175. The molecule has 0 saturated carbocycles. The minimum Gasteiger partial charge on any atom is -0.310 e. The molecule has 6 nitrogen and oxygen atoms in total. The van der Waals surface area contributed by atoms with Crippen molar-refractivity contribution in [3.63, 3.8) is 0 Å². The van der Waals surface area contributed by atoms with Gasteiger partial charge in [0.05, 0.1) is 11.4 Å². The first-order valence-electron chi connectivity index (χ1n) is 7.46. The van der Waals surface area contributed by atoms with Crippen LogP contribution in [0.15, 0.2) is 41.4 Å². The number of likely N-dealkylation sites (N-methyl/N-ethyl adjacent to an activating group) is 1. The molecule has 0 unspecified atom stereocenters. The van der Waals surface area contributed by atoms with Crippen LogP contribution in [0.3, 0.4) is 0 Å². The third kappa shape index (κ3) is 4.18. The van der Waals surface area contributed by atoms with Gasteiger partial charge in [0, 0.05) is 13.2 Å². The Morgan fingerprint density at radius 2 is 1.83 bits per heavy atom. The Morgan fingerprint density at radius 1 is 1.12 bits per heavy atom. The molecule has 0 radical (unpaired) electrons. The van der Waals surface area contributed by atoms with Crippen molar-refractivity contribution in [1.82, 2.24) is 9.29 Å². The van der Waals surface area contributed by atoms with E-state index in [0.717, 1.165) is 21.0 Å². The van der Waals surface area contributed by atoms with Gasteiger partial charge in [-0.1, -0.05) is 12.1 Å². The highest BCUT2D eigenvalue weighted by Crippen LogP contribution is 2.18. The van der Waals surface area contributed by atoms with Crippen molar-refractivity contribution in [3.8, 4) is 0 Å². The Hall–Kier alpha value is -2.25. The molecule has 128 valence electrons. The van der Waals surface area contributed by atoms with Crippen LogP contribution < -0.4 is 5.32 Å². The zero-order valence-corrected chi connectivity index (χ0v) is 15.0. The monoisotopic (exact) mass is 347 g/mol. The molecular formula is C17H21N3O3S. The predicted octanol–water partition coefficient (Wildman–Crippen LogP) is 2.27. The van der Waals surface area contributed by atoms with E-state index in [4.69, 9.17) is 0 Å². The zero-order chi connectivity index (χ0) is 17.9. The summed E-state index contributed by atoms with van der Waals surface area (Å²) in [6.07, 6.45) is 1.63. The third-order valence-electron chi connectivity index (χ3n) is 3.73. The Kier molecular flexibility index (Phi) is 5.36. The third-order valence-corrected chi connectivity index (χ3v) is 5.53. The fourth-order valence-electron chi connectivity index (χ4n) is 2.07. The maximum Gasteiger partial charge on any atom is 0.243 e. The normalized spacial score (nSPS) is 11.5. The van der Waals surface area contributed by atoms with Crippen molar-refractivity contribution < 1.29 is 13.2 Å². The van der Waals surface area contributed by atoms with E-state index in [1.807, 2.05) is 26.8 Å². The van der Waals surface area contributed by atoms with Crippen molar-refractivity contribution in [2.75, 3.05) is 18.9 Å². The summed E-state index contributed by atoms with van der Waals surface area (Å²) >= 11 is 0. The second kappa shape index (κ2) is 7.11. The largest absolute Gasteiger partial charge is 0.310 e. The number of rotatable bonds is 5. The molecule has 1 N–H and O–H groups in total. The first-order chi connectivity index (χ1) is 11.2. The van der Waals surface area contributed by atoms with Crippen LogP contribution in [-0.4, -0.2) is 37.2 Å². The summed E-state index contributed by atoms with van der Waals surface area (Å²) in [4.78, 5) is 16.3. The Morgan fingerprint density at radius 3 is 2.42 bits per heavy atom. The molecule has 0 bridgehead atoms. The van der Waals surface area contributed by atoms with Gasteiger partial charge in [-0.05, 0) is 55.7 Å². The van der Waals surface area contributed by atoms with Crippen molar-refractivity contribution in [3.05, 3.63) is 53.2 Å². The van der Waals surface area contributed by atoms with Gasteiger partial charge in [-0.2, -0.15) is 4.31 Å². The number of nitrogens with zero attached hydrogens (tertiary/aromatic N) is 2. The number of hydrogen-bond acceptors (Lipinski definition) is 4. The lowest BCUT2D eigenvalue weighted by Gasteiger charge is -2.17. The summed E-state index contributed by atoms with van der Waals surface area (Å²) < 4.78 is 26.1. The molecule has 0 fully saturated rings. The van der Waals surface area contributed by atoms with Crippen LogP contribution >= 0.6 is 0 Å². The molecule has 0 aliphatic carbocycles. The number of sulfonamides is 1. The van der Waals surface area contributed by atoms with Crippen molar-refractivity contribution in [1.29, 1.82) is 0 Å². The Labute approximate surface area is 142 Å². The van der Waals surface area contributed by atoms with Crippen LogP contribution in [0.25, 0.3) is 0 Å². The van der Waals surface area contributed by atoms with E-state index in [2.05, 4.69) is 10.3 Å². The summed E-state index contributed by atoms with van der Waals surface area (Å²) in [6.45, 7) is 5.37. The molecule has 7 heteroatoms. The molecule has 0 aliphatic rings. The number of aryl methyl sites for hydroxylation is 3. The topological polar surface area (TPSA) is 79.4 Å². The fraction of sp³-hybridized carbons (Fsp3) is 0.294. The smallest absolute Gasteiger partial charge is 0.243 e. The Bertz CT molecular complexity index is 846. The van der Waals surface area contributed by atoms with Crippen LogP contribution in [0, 0.1) is 20.8 Å². The molecule has 1 amide bonds. The lowest BCUT2D eigenvalue weighted by Crippen LogP contribution is -2.35. The number of amides is 1. The van der Waals surface area contributed by atoms with Crippen LogP contribution in [0.1, 0.15) is 16.7 Å². The maximum atomic E-state index is 12.6. The van der Waals surface area contributed by atoms with Gasteiger partial charge in [-0.25, -0.2) is 13.4 Å².